The van der Waals surface area contributed by atoms with Crippen LogP contribution in [-0.2, 0) is 0 Å². The predicted octanol–water partition coefficient (Wildman–Crippen LogP) is 3.97. The molecule has 6 nitrogen and oxygen atoms in total. The van der Waals surface area contributed by atoms with Gasteiger partial charge in [0.1, 0.15) is 5.82 Å². The zero-order chi connectivity index (χ0) is 23.3. The van der Waals surface area contributed by atoms with E-state index in [0.29, 0.717) is 12.0 Å². The molecule has 9 heteroatoms. The highest BCUT2D eigenvalue weighted by atomic mass is 19.2. The van der Waals surface area contributed by atoms with Crippen LogP contribution in [0.2, 0.25) is 0 Å². The van der Waals surface area contributed by atoms with Gasteiger partial charge in [0.2, 0.25) is 5.43 Å². The van der Waals surface area contributed by atoms with Crippen molar-refractivity contribution in [1.29, 1.82) is 0 Å². The molecule has 0 radical (unpaired) electrons. The first-order chi connectivity index (χ1) is 15.3. The number of nitrogens with one attached hydrogen (secondary N) is 1. The minimum absolute atomic E-state index is 0.0982. The Bertz CT molecular complexity index is 1170. The smallest absolute Gasteiger partial charge is 0.275 e. The molecule has 168 valence electrons. The Morgan fingerprint density at radius 1 is 1.09 bits per heavy atom. The molecular formula is C23H22F3N3O3. The molecule has 0 saturated heterocycles. The fourth-order valence-corrected chi connectivity index (χ4v) is 3.56. The monoisotopic (exact) mass is 445 g/mol. The lowest BCUT2D eigenvalue weighted by atomic mass is 9.88. The highest BCUT2D eigenvalue weighted by Crippen LogP contribution is 2.31. The lowest BCUT2D eigenvalue weighted by Crippen LogP contribution is -2.35. The molecule has 32 heavy (non-hydrogen) atoms. The van der Waals surface area contributed by atoms with Crippen molar-refractivity contribution in [2.75, 3.05) is 13.1 Å². The van der Waals surface area contributed by atoms with Gasteiger partial charge in [-0.25, -0.2) is 13.2 Å². The molecule has 0 bridgehead atoms. The third-order valence-electron chi connectivity index (χ3n) is 5.14. The quantitative estimate of drug-likeness (QED) is 0.550. The van der Waals surface area contributed by atoms with Crippen LogP contribution in [0.5, 0.6) is 5.75 Å². The third kappa shape index (κ3) is 4.99. The lowest BCUT2D eigenvalue weighted by molar-refractivity contribution is 0.0740. The van der Waals surface area contributed by atoms with E-state index in [4.69, 9.17) is 0 Å². The Balaban J connectivity index is 1.93. The highest BCUT2D eigenvalue weighted by Gasteiger charge is 2.25. The van der Waals surface area contributed by atoms with Crippen molar-refractivity contribution in [3.8, 4) is 5.75 Å². The van der Waals surface area contributed by atoms with Gasteiger partial charge < -0.3 is 10.0 Å². The first-order valence-electron chi connectivity index (χ1n) is 10.1. The molecule has 1 aromatic heterocycles. The van der Waals surface area contributed by atoms with Crippen LogP contribution < -0.4 is 5.43 Å². The summed E-state index contributed by atoms with van der Waals surface area (Å²) in [6.07, 6.45) is 1.61. The van der Waals surface area contributed by atoms with Gasteiger partial charge in [-0.2, -0.15) is 5.10 Å². The average Bonchev–Trinajstić information content (AvgIpc) is 2.78. The fraction of sp³-hybridized carbons (Fsp3) is 0.261. The minimum Gasteiger partial charge on any atom is -0.502 e. The summed E-state index contributed by atoms with van der Waals surface area (Å²) in [6.45, 7) is 2.23. The summed E-state index contributed by atoms with van der Waals surface area (Å²) in [5.41, 5.74) is -0.508. The van der Waals surface area contributed by atoms with Crippen molar-refractivity contribution in [1.82, 2.24) is 15.1 Å². The SMILES string of the molecule is CCCN(CCC(c1ccc(F)c(F)c1)c1ccccc1F)C(=O)c1[nH]ncc(=O)c1O. The first-order valence-corrected chi connectivity index (χ1v) is 10.1. The molecule has 0 aliphatic rings. The topological polar surface area (TPSA) is 86.3 Å². The van der Waals surface area contributed by atoms with E-state index in [2.05, 4.69) is 10.2 Å². The fourth-order valence-electron chi connectivity index (χ4n) is 3.56. The van der Waals surface area contributed by atoms with Crippen molar-refractivity contribution in [2.24, 2.45) is 0 Å². The zero-order valence-electron chi connectivity index (χ0n) is 17.3. The minimum atomic E-state index is -1.05. The number of aromatic hydroxyl groups is 1. The largest absolute Gasteiger partial charge is 0.502 e. The number of rotatable bonds is 8. The maximum absolute atomic E-state index is 14.6. The van der Waals surface area contributed by atoms with Gasteiger partial charge in [-0.1, -0.05) is 31.2 Å². The first kappa shape index (κ1) is 23.1. The lowest BCUT2D eigenvalue weighted by Gasteiger charge is -2.26. The third-order valence-corrected chi connectivity index (χ3v) is 5.14. The van der Waals surface area contributed by atoms with E-state index in [1.807, 2.05) is 6.92 Å². The van der Waals surface area contributed by atoms with Crippen LogP contribution in [0.3, 0.4) is 0 Å². The zero-order valence-corrected chi connectivity index (χ0v) is 17.3. The Kier molecular flexibility index (Phi) is 7.29. The van der Waals surface area contributed by atoms with E-state index in [9.17, 15) is 27.9 Å². The van der Waals surface area contributed by atoms with Crippen LogP contribution in [0.1, 0.15) is 47.3 Å². The summed E-state index contributed by atoms with van der Waals surface area (Å²) in [4.78, 5) is 26.0. The summed E-state index contributed by atoms with van der Waals surface area (Å²) in [5.74, 6) is -4.63. The van der Waals surface area contributed by atoms with E-state index in [1.54, 1.807) is 12.1 Å². The average molecular weight is 445 g/mol. The van der Waals surface area contributed by atoms with Gasteiger partial charge in [0.05, 0.1) is 6.20 Å². The van der Waals surface area contributed by atoms with Gasteiger partial charge in [0.15, 0.2) is 23.1 Å². The molecule has 2 N–H and O–H groups in total. The molecule has 0 fully saturated rings. The molecule has 0 aliphatic heterocycles. The molecular weight excluding hydrogens is 423 g/mol. The number of halogens is 3. The second-order valence-electron chi connectivity index (χ2n) is 7.29. The normalized spacial score (nSPS) is 11.9. The number of nitrogens with zero attached hydrogens (tertiary/aromatic N) is 2. The summed E-state index contributed by atoms with van der Waals surface area (Å²) in [7, 11) is 0. The number of carbonyl (C=O) groups is 1. The summed E-state index contributed by atoms with van der Waals surface area (Å²) in [5, 5.41) is 15.9. The summed E-state index contributed by atoms with van der Waals surface area (Å²) < 4.78 is 41.9. The standard InChI is InChI=1S/C23H22F3N3O3/c1-2-10-29(23(32)21-22(31)20(30)13-27-28-21)11-9-15(16-5-3-4-6-17(16)24)14-7-8-18(25)19(26)12-14/h3-8,12-13,15H,2,9-11H2,1H3,(H,27,31)(H,28,30). The Morgan fingerprint density at radius 3 is 2.53 bits per heavy atom. The van der Waals surface area contributed by atoms with Crippen LogP contribution in [0.15, 0.2) is 53.5 Å². The summed E-state index contributed by atoms with van der Waals surface area (Å²) in [6, 6.07) is 9.36. The number of amides is 1. The van der Waals surface area contributed by atoms with Crippen LogP contribution in [0.25, 0.3) is 0 Å². The maximum Gasteiger partial charge on any atom is 0.275 e. The van der Waals surface area contributed by atoms with Gasteiger partial charge >= 0.3 is 0 Å². The van der Waals surface area contributed by atoms with Crippen LogP contribution in [0.4, 0.5) is 13.2 Å². The van der Waals surface area contributed by atoms with E-state index in [-0.39, 0.29) is 30.8 Å². The Morgan fingerprint density at radius 2 is 1.84 bits per heavy atom. The number of hydrogen-bond donors (Lipinski definition) is 2. The van der Waals surface area contributed by atoms with Gasteiger partial charge in [-0.15, -0.1) is 0 Å². The molecule has 1 atom stereocenters. The van der Waals surface area contributed by atoms with Crippen molar-refractivity contribution in [3.05, 3.63) is 93.2 Å². The van der Waals surface area contributed by atoms with Gasteiger partial charge in [0.25, 0.3) is 5.91 Å². The molecule has 0 spiro atoms. The van der Waals surface area contributed by atoms with E-state index < -0.39 is 40.5 Å². The molecule has 1 unspecified atom stereocenters. The highest BCUT2D eigenvalue weighted by molar-refractivity contribution is 5.94. The second kappa shape index (κ2) is 10.1. The van der Waals surface area contributed by atoms with Crippen molar-refractivity contribution >= 4 is 5.91 Å². The number of carbonyl (C=O) groups excluding carboxylic acids is 1. The Hall–Kier alpha value is -3.62. The molecule has 1 heterocycles. The van der Waals surface area contributed by atoms with E-state index in [0.717, 1.165) is 18.3 Å². The number of hydrogen-bond acceptors (Lipinski definition) is 4. The number of benzene rings is 2. The molecule has 1 amide bonds. The molecule has 2 aromatic carbocycles. The molecule has 0 aliphatic carbocycles. The predicted molar refractivity (Wildman–Crippen MR) is 112 cm³/mol. The Labute approximate surface area is 182 Å². The van der Waals surface area contributed by atoms with Gasteiger partial charge in [0, 0.05) is 19.0 Å². The number of aromatic amines is 1. The van der Waals surface area contributed by atoms with Gasteiger partial charge in [-0.3, -0.25) is 14.7 Å². The van der Waals surface area contributed by atoms with Crippen LogP contribution >= 0.6 is 0 Å². The van der Waals surface area contributed by atoms with Crippen LogP contribution in [0, 0.1) is 17.5 Å². The summed E-state index contributed by atoms with van der Waals surface area (Å²) >= 11 is 0. The maximum atomic E-state index is 14.6. The number of H-pyrrole nitrogens is 1. The molecule has 0 saturated carbocycles. The number of aromatic nitrogens is 2. The van der Waals surface area contributed by atoms with E-state index in [1.165, 1.54) is 23.1 Å². The molecule has 3 aromatic rings. The van der Waals surface area contributed by atoms with E-state index >= 15 is 0 Å². The molecule has 3 rings (SSSR count). The van der Waals surface area contributed by atoms with Crippen LogP contribution in [-0.4, -0.2) is 39.2 Å². The van der Waals surface area contributed by atoms with Crippen molar-refractivity contribution in [3.63, 3.8) is 0 Å². The second-order valence-corrected chi connectivity index (χ2v) is 7.29. The van der Waals surface area contributed by atoms with Gasteiger partial charge in [-0.05, 0) is 42.2 Å². The van der Waals surface area contributed by atoms with Crippen molar-refractivity contribution in [2.45, 2.75) is 25.7 Å². The van der Waals surface area contributed by atoms with Crippen molar-refractivity contribution < 1.29 is 23.1 Å².